The minimum Gasteiger partial charge on any atom is -0.333 e. The summed E-state index contributed by atoms with van der Waals surface area (Å²) in [5, 5.41) is 3.29. The van der Waals surface area contributed by atoms with Gasteiger partial charge in [0.1, 0.15) is 0 Å². The van der Waals surface area contributed by atoms with Gasteiger partial charge in [0.05, 0.1) is 5.69 Å². The number of hydrogen-bond acceptors (Lipinski definition) is 3. The van der Waals surface area contributed by atoms with E-state index >= 15 is 0 Å². The predicted octanol–water partition coefficient (Wildman–Crippen LogP) is 4.37. The summed E-state index contributed by atoms with van der Waals surface area (Å²) < 4.78 is 38.3. The number of amides is 1. The zero-order valence-corrected chi connectivity index (χ0v) is 13.0. The highest BCUT2D eigenvalue weighted by Gasteiger charge is 2.45. The van der Waals surface area contributed by atoms with Crippen LogP contribution in [0.1, 0.15) is 6.92 Å². The molecule has 0 radical (unpaired) electrons. The molecule has 7 heteroatoms. The van der Waals surface area contributed by atoms with Crippen LogP contribution in [0.15, 0.2) is 54.6 Å². The highest BCUT2D eigenvalue weighted by atomic mass is 19.4. The summed E-state index contributed by atoms with van der Waals surface area (Å²) in [5.74, 6) is -3.31. The third kappa shape index (κ3) is 3.26. The van der Waals surface area contributed by atoms with E-state index < -0.39 is 18.1 Å². The molecular formula is C18H12F3NO3. The van der Waals surface area contributed by atoms with Crippen molar-refractivity contribution in [1.29, 1.82) is 0 Å². The summed E-state index contributed by atoms with van der Waals surface area (Å²) in [7, 11) is 0. The fourth-order valence-corrected chi connectivity index (χ4v) is 2.58. The summed E-state index contributed by atoms with van der Waals surface area (Å²) in [4.78, 5) is 27.2. The SMILES string of the molecule is CC(=O)ON(C(=O)C(F)(F)F)c1ccc2c(ccc3ccccc32)c1. The molecule has 0 atom stereocenters. The molecule has 3 aromatic carbocycles. The van der Waals surface area contributed by atoms with E-state index in [2.05, 4.69) is 4.84 Å². The Morgan fingerprint density at radius 3 is 2.24 bits per heavy atom. The Bertz CT molecular complexity index is 982. The van der Waals surface area contributed by atoms with Gasteiger partial charge in [0.15, 0.2) is 0 Å². The van der Waals surface area contributed by atoms with Gasteiger partial charge in [-0.05, 0) is 33.7 Å². The van der Waals surface area contributed by atoms with Crippen LogP contribution >= 0.6 is 0 Å². The van der Waals surface area contributed by atoms with Crippen molar-refractivity contribution in [1.82, 2.24) is 0 Å². The molecule has 0 bridgehead atoms. The first-order valence-electron chi connectivity index (χ1n) is 7.29. The highest BCUT2D eigenvalue weighted by molar-refractivity contribution is 6.09. The Morgan fingerprint density at radius 2 is 1.56 bits per heavy atom. The molecule has 0 saturated heterocycles. The molecule has 0 unspecified atom stereocenters. The second-order valence-corrected chi connectivity index (χ2v) is 5.37. The molecule has 128 valence electrons. The van der Waals surface area contributed by atoms with E-state index in [4.69, 9.17) is 0 Å². The van der Waals surface area contributed by atoms with Crippen LogP contribution in [0.2, 0.25) is 0 Å². The summed E-state index contributed by atoms with van der Waals surface area (Å²) in [5.41, 5.74) is -0.180. The summed E-state index contributed by atoms with van der Waals surface area (Å²) in [6.07, 6.45) is -5.17. The number of rotatable bonds is 1. The van der Waals surface area contributed by atoms with E-state index in [1.54, 1.807) is 12.1 Å². The second kappa shape index (κ2) is 6.08. The molecule has 4 nitrogen and oxygen atoms in total. The average Bonchev–Trinajstić information content (AvgIpc) is 2.57. The van der Waals surface area contributed by atoms with Crippen LogP contribution in [-0.2, 0) is 14.4 Å². The summed E-state index contributed by atoms with van der Waals surface area (Å²) in [6.45, 7) is 0.922. The zero-order chi connectivity index (χ0) is 18.2. The normalized spacial score (nSPS) is 11.5. The van der Waals surface area contributed by atoms with Gasteiger partial charge in [-0.15, -0.1) is 5.06 Å². The number of carbonyl (C=O) groups excluding carboxylic acids is 2. The lowest BCUT2D eigenvalue weighted by Gasteiger charge is -2.21. The number of nitrogens with zero attached hydrogens (tertiary/aromatic N) is 1. The molecule has 0 aliphatic heterocycles. The third-order valence-corrected chi connectivity index (χ3v) is 3.61. The van der Waals surface area contributed by atoms with Gasteiger partial charge >= 0.3 is 18.1 Å². The quantitative estimate of drug-likeness (QED) is 0.485. The maximum atomic E-state index is 12.8. The van der Waals surface area contributed by atoms with Gasteiger partial charge < -0.3 is 4.84 Å². The summed E-state index contributed by atoms with van der Waals surface area (Å²) in [6, 6.07) is 15.4. The Hall–Kier alpha value is -3.09. The van der Waals surface area contributed by atoms with Crippen LogP contribution in [0.4, 0.5) is 18.9 Å². The third-order valence-electron chi connectivity index (χ3n) is 3.61. The van der Waals surface area contributed by atoms with E-state index in [1.165, 1.54) is 12.1 Å². The molecular weight excluding hydrogens is 335 g/mol. The Kier molecular flexibility index (Phi) is 4.08. The van der Waals surface area contributed by atoms with Gasteiger partial charge in [-0.2, -0.15) is 13.2 Å². The minimum absolute atomic E-state index is 0.0308. The van der Waals surface area contributed by atoms with Gasteiger partial charge in [-0.3, -0.25) is 4.79 Å². The summed E-state index contributed by atoms with van der Waals surface area (Å²) >= 11 is 0. The number of fused-ring (bicyclic) bond motifs is 3. The van der Waals surface area contributed by atoms with Crippen LogP contribution in [0.25, 0.3) is 21.5 Å². The second-order valence-electron chi connectivity index (χ2n) is 5.37. The van der Waals surface area contributed by atoms with Gasteiger partial charge in [0, 0.05) is 6.92 Å². The van der Waals surface area contributed by atoms with Crippen LogP contribution < -0.4 is 5.06 Å². The molecule has 0 fully saturated rings. The number of hydroxylamine groups is 1. The van der Waals surface area contributed by atoms with Crippen LogP contribution in [0.5, 0.6) is 0 Å². The molecule has 0 spiro atoms. The molecule has 0 aliphatic rings. The number of halogens is 3. The fraction of sp³-hybridized carbons (Fsp3) is 0.111. The van der Waals surface area contributed by atoms with Crippen molar-refractivity contribution in [3.8, 4) is 0 Å². The lowest BCUT2D eigenvalue weighted by Crippen LogP contribution is -2.42. The standard InChI is InChI=1S/C18H12F3NO3/c1-11(23)25-22(17(24)18(19,20)21)14-8-9-16-13(10-14)7-6-12-4-2-3-5-15(12)16/h2-10H,1H3. The molecule has 3 rings (SSSR count). The van der Waals surface area contributed by atoms with Crippen molar-refractivity contribution in [2.24, 2.45) is 0 Å². The van der Waals surface area contributed by atoms with Crippen LogP contribution in [0.3, 0.4) is 0 Å². The average molecular weight is 347 g/mol. The van der Waals surface area contributed by atoms with Crippen molar-refractivity contribution in [3.63, 3.8) is 0 Å². The lowest BCUT2D eigenvalue weighted by atomic mass is 10.0. The van der Waals surface area contributed by atoms with Crippen molar-refractivity contribution in [2.45, 2.75) is 13.1 Å². The Morgan fingerprint density at radius 1 is 0.920 bits per heavy atom. The number of hydrogen-bond donors (Lipinski definition) is 0. The smallest absolute Gasteiger partial charge is 0.333 e. The molecule has 0 heterocycles. The number of carbonyl (C=O) groups is 2. The molecule has 25 heavy (non-hydrogen) atoms. The Labute approximate surface area is 140 Å². The van der Waals surface area contributed by atoms with Gasteiger partial charge in [0.2, 0.25) is 0 Å². The number of alkyl halides is 3. The zero-order valence-electron chi connectivity index (χ0n) is 13.0. The predicted molar refractivity (Wildman–Crippen MR) is 86.8 cm³/mol. The van der Waals surface area contributed by atoms with Crippen LogP contribution in [-0.4, -0.2) is 18.1 Å². The molecule has 0 aromatic heterocycles. The van der Waals surface area contributed by atoms with Crippen molar-refractivity contribution in [3.05, 3.63) is 54.6 Å². The molecule has 0 N–H and O–H groups in total. The first-order valence-corrected chi connectivity index (χ1v) is 7.29. The maximum absolute atomic E-state index is 12.8. The van der Waals surface area contributed by atoms with Crippen molar-refractivity contribution in [2.75, 3.05) is 5.06 Å². The van der Waals surface area contributed by atoms with Gasteiger partial charge in [-0.1, -0.05) is 42.5 Å². The van der Waals surface area contributed by atoms with Crippen molar-refractivity contribution >= 4 is 39.1 Å². The highest BCUT2D eigenvalue weighted by Crippen LogP contribution is 2.31. The van der Waals surface area contributed by atoms with Gasteiger partial charge in [0.25, 0.3) is 0 Å². The first kappa shape index (κ1) is 16.8. The molecule has 1 amide bonds. The molecule has 0 saturated carbocycles. The fourth-order valence-electron chi connectivity index (χ4n) is 2.58. The Balaban J connectivity index is 2.13. The van der Waals surface area contributed by atoms with Crippen LogP contribution in [0, 0.1) is 0 Å². The topological polar surface area (TPSA) is 46.6 Å². The van der Waals surface area contributed by atoms with Crippen molar-refractivity contribution < 1.29 is 27.6 Å². The van der Waals surface area contributed by atoms with E-state index in [0.717, 1.165) is 23.1 Å². The van der Waals surface area contributed by atoms with E-state index in [0.29, 0.717) is 5.39 Å². The number of anilines is 1. The lowest BCUT2D eigenvalue weighted by molar-refractivity contribution is -0.180. The largest absolute Gasteiger partial charge is 0.474 e. The van der Waals surface area contributed by atoms with E-state index in [-0.39, 0.29) is 10.8 Å². The van der Waals surface area contributed by atoms with E-state index in [1.807, 2.05) is 30.3 Å². The minimum atomic E-state index is -5.17. The van der Waals surface area contributed by atoms with E-state index in [9.17, 15) is 22.8 Å². The maximum Gasteiger partial charge on any atom is 0.474 e. The first-order chi connectivity index (χ1) is 11.8. The number of benzene rings is 3. The molecule has 3 aromatic rings. The molecule has 0 aliphatic carbocycles. The van der Waals surface area contributed by atoms with Gasteiger partial charge in [-0.25, -0.2) is 4.79 Å². The monoisotopic (exact) mass is 347 g/mol.